The lowest BCUT2D eigenvalue weighted by Crippen LogP contribution is -2.25. The van der Waals surface area contributed by atoms with Crippen LogP contribution in [0.2, 0.25) is 0 Å². The van der Waals surface area contributed by atoms with Crippen molar-refractivity contribution in [3.8, 4) is 0 Å². The first kappa shape index (κ1) is 11.9. The number of carbonyl (C=O) groups is 1. The molecule has 18 heavy (non-hydrogen) atoms. The molecule has 0 aliphatic carbocycles. The van der Waals surface area contributed by atoms with Crippen LogP contribution in [0, 0.1) is 5.92 Å². The van der Waals surface area contributed by atoms with E-state index in [1.807, 2.05) is 6.07 Å². The minimum absolute atomic E-state index is 0.208. The second-order valence-electron chi connectivity index (χ2n) is 5.52. The van der Waals surface area contributed by atoms with Gasteiger partial charge < -0.3 is 4.74 Å². The highest BCUT2D eigenvalue weighted by atomic mass is 16.5. The molecule has 2 heterocycles. The standard InChI is InChI=1S/C16H20O2/c17-15(14-11-13-9-10-16(14)18-13)8-4-7-12-5-2-1-3-6-12/h1-3,5-6,13-14,16H,4,7-11H2. The Morgan fingerprint density at radius 2 is 2.06 bits per heavy atom. The smallest absolute Gasteiger partial charge is 0.138 e. The van der Waals surface area contributed by atoms with Crippen LogP contribution in [0.25, 0.3) is 0 Å². The molecule has 2 aliphatic heterocycles. The summed E-state index contributed by atoms with van der Waals surface area (Å²) in [6, 6.07) is 10.4. The summed E-state index contributed by atoms with van der Waals surface area (Å²) in [6.07, 6.45) is 6.57. The van der Waals surface area contributed by atoms with E-state index >= 15 is 0 Å². The number of hydrogen-bond donors (Lipinski definition) is 0. The van der Waals surface area contributed by atoms with Gasteiger partial charge in [0, 0.05) is 12.3 Å². The molecule has 3 unspecified atom stereocenters. The lowest BCUT2D eigenvalue weighted by Gasteiger charge is -2.16. The van der Waals surface area contributed by atoms with Crippen molar-refractivity contribution < 1.29 is 9.53 Å². The van der Waals surface area contributed by atoms with E-state index in [9.17, 15) is 4.79 Å². The lowest BCUT2D eigenvalue weighted by atomic mass is 9.84. The van der Waals surface area contributed by atoms with Gasteiger partial charge in [-0.15, -0.1) is 0 Å². The molecule has 0 saturated carbocycles. The molecule has 0 spiro atoms. The molecular formula is C16H20O2. The van der Waals surface area contributed by atoms with Gasteiger partial charge in [0.1, 0.15) is 5.78 Å². The molecule has 3 rings (SSSR count). The summed E-state index contributed by atoms with van der Waals surface area (Å²) in [5, 5.41) is 0. The highest BCUT2D eigenvalue weighted by Crippen LogP contribution is 2.39. The van der Waals surface area contributed by atoms with Gasteiger partial charge in [0.2, 0.25) is 0 Å². The number of fused-ring (bicyclic) bond motifs is 2. The van der Waals surface area contributed by atoms with E-state index in [-0.39, 0.29) is 12.0 Å². The summed E-state index contributed by atoms with van der Waals surface area (Å²) in [4.78, 5) is 12.1. The zero-order valence-electron chi connectivity index (χ0n) is 10.7. The van der Waals surface area contributed by atoms with Gasteiger partial charge in [-0.2, -0.15) is 0 Å². The van der Waals surface area contributed by atoms with Crippen LogP contribution in [-0.4, -0.2) is 18.0 Å². The van der Waals surface area contributed by atoms with E-state index in [0.717, 1.165) is 25.7 Å². The Labute approximate surface area is 108 Å². The maximum atomic E-state index is 12.1. The number of ether oxygens (including phenoxy) is 1. The van der Waals surface area contributed by atoms with Gasteiger partial charge in [-0.25, -0.2) is 0 Å². The van der Waals surface area contributed by atoms with E-state index in [1.165, 1.54) is 12.0 Å². The first-order valence-electron chi connectivity index (χ1n) is 7.05. The molecular weight excluding hydrogens is 224 g/mol. The Morgan fingerprint density at radius 3 is 2.72 bits per heavy atom. The van der Waals surface area contributed by atoms with Gasteiger partial charge in [0.05, 0.1) is 12.2 Å². The molecule has 96 valence electrons. The quantitative estimate of drug-likeness (QED) is 0.795. The van der Waals surface area contributed by atoms with Gasteiger partial charge >= 0.3 is 0 Å². The first-order chi connectivity index (χ1) is 8.83. The summed E-state index contributed by atoms with van der Waals surface area (Å²) in [6.45, 7) is 0. The van der Waals surface area contributed by atoms with E-state index in [2.05, 4.69) is 24.3 Å². The van der Waals surface area contributed by atoms with Gasteiger partial charge in [-0.1, -0.05) is 30.3 Å². The molecule has 2 nitrogen and oxygen atoms in total. The van der Waals surface area contributed by atoms with Crippen molar-refractivity contribution in [3.63, 3.8) is 0 Å². The Bertz CT molecular complexity index is 412. The molecule has 2 fully saturated rings. The monoisotopic (exact) mass is 244 g/mol. The third kappa shape index (κ3) is 2.49. The molecule has 2 aliphatic rings. The maximum absolute atomic E-state index is 12.1. The normalized spacial score (nSPS) is 29.7. The summed E-state index contributed by atoms with van der Waals surface area (Å²) in [5.74, 6) is 0.637. The van der Waals surface area contributed by atoms with Crippen molar-refractivity contribution in [3.05, 3.63) is 35.9 Å². The van der Waals surface area contributed by atoms with Crippen LogP contribution in [0.3, 0.4) is 0 Å². The third-order valence-electron chi connectivity index (χ3n) is 4.25. The Balaban J connectivity index is 1.45. The third-order valence-corrected chi connectivity index (χ3v) is 4.25. The minimum atomic E-state index is 0.208. The predicted molar refractivity (Wildman–Crippen MR) is 70.4 cm³/mol. The zero-order chi connectivity index (χ0) is 12.4. The number of hydrogen-bond acceptors (Lipinski definition) is 2. The fraction of sp³-hybridized carbons (Fsp3) is 0.562. The highest BCUT2D eigenvalue weighted by Gasteiger charge is 2.43. The van der Waals surface area contributed by atoms with Crippen molar-refractivity contribution in [2.75, 3.05) is 0 Å². The number of rotatable bonds is 5. The molecule has 0 amide bonds. The first-order valence-corrected chi connectivity index (χ1v) is 7.05. The topological polar surface area (TPSA) is 26.3 Å². The fourth-order valence-electron chi connectivity index (χ4n) is 3.27. The van der Waals surface area contributed by atoms with E-state index < -0.39 is 0 Å². The van der Waals surface area contributed by atoms with Crippen molar-refractivity contribution in [1.29, 1.82) is 0 Å². The SMILES string of the molecule is O=C(CCCc1ccccc1)C1CC2CCC1O2. The van der Waals surface area contributed by atoms with Crippen molar-refractivity contribution in [2.45, 2.75) is 50.7 Å². The van der Waals surface area contributed by atoms with Gasteiger partial charge in [0.15, 0.2) is 0 Å². The fourth-order valence-corrected chi connectivity index (χ4v) is 3.27. The summed E-state index contributed by atoms with van der Waals surface area (Å²) in [5.41, 5.74) is 1.33. The van der Waals surface area contributed by atoms with Crippen LogP contribution in [0.5, 0.6) is 0 Å². The molecule has 3 atom stereocenters. The molecule has 2 bridgehead atoms. The number of aryl methyl sites for hydroxylation is 1. The maximum Gasteiger partial charge on any atom is 0.138 e. The van der Waals surface area contributed by atoms with Crippen LogP contribution in [0.4, 0.5) is 0 Å². The summed E-state index contributed by atoms with van der Waals surface area (Å²) < 4.78 is 5.75. The summed E-state index contributed by atoms with van der Waals surface area (Å²) >= 11 is 0. The number of ketones is 1. The van der Waals surface area contributed by atoms with Gasteiger partial charge in [0.25, 0.3) is 0 Å². The minimum Gasteiger partial charge on any atom is -0.374 e. The van der Waals surface area contributed by atoms with Crippen LogP contribution in [-0.2, 0) is 16.0 Å². The molecule has 0 aromatic heterocycles. The predicted octanol–water partition coefficient (Wildman–Crippen LogP) is 3.15. The lowest BCUT2D eigenvalue weighted by molar-refractivity contribution is -0.124. The second kappa shape index (κ2) is 5.23. The van der Waals surface area contributed by atoms with Gasteiger partial charge in [-0.05, 0) is 37.7 Å². The average Bonchev–Trinajstić information content (AvgIpc) is 3.02. The molecule has 1 aromatic carbocycles. The Hall–Kier alpha value is -1.15. The van der Waals surface area contributed by atoms with Crippen molar-refractivity contribution in [2.24, 2.45) is 5.92 Å². The Kier molecular flexibility index (Phi) is 3.46. The molecule has 0 radical (unpaired) electrons. The van der Waals surface area contributed by atoms with Crippen LogP contribution >= 0.6 is 0 Å². The number of Topliss-reactive ketones (excluding diaryl/α,β-unsaturated/α-hetero) is 1. The van der Waals surface area contributed by atoms with Crippen LogP contribution in [0.1, 0.15) is 37.7 Å². The summed E-state index contributed by atoms with van der Waals surface area (Å²) in [7, 11) is 0. The molecule has 2 saturated heterocycles. The number of carbonyl (C=O) groups excluding carboxylic acids is 1. The van der Waals surface area contributed by atoms with Crippen molar-refractivity contribution in [1.82, 2.24) is 0 Å². The average molecular weight is 244 g/mol. The zero-order valence-corrected chi connectivity index (χ0v) is 10.7. The highest BCUT2D eigenvalue weighted by molar-refractivity contribution is 5.82. The molecule has 1 aromatic rings. The van der Waals surface area contributed by atoms with Crippen molar-refractivity contribution >= 4 is 5.78 Å². The van der Waals surface area contributed by atoms with E-state index in [0.29, 0.717) is 18.3 Å². The Morgan fingerprint density at radius 1 is 1.22 bits per heavy atom. The van der Waals surface area contributed by atoms with E-state index in [1.54, 1.807) is 0 Å². The second-order valence-corrected chi connectivity index (χ2v) is 5.52. The van der Waals surface area contributed by atoms with Crippen LogP contribution in [0.15, 0.2) is 30.3 Å². The number of benzene rings is 1. The largest absolute Gasteiger partial charge is 0.374 e. The van der Waals surface area contributed by atoms with Crippen LogP contribution < -0.4 is 0 Å². The molecule has 0 N–H and O–H groups in total. The molecule has 2 heteroatoms. The van der Waals surface area contributed by atoms with E-state index in [4.69, 9.17) is 4.74 Å². The van der Waals surface area contributed by atoms with Gasteiger partial charge in [-0.3, -0.25) is 4.79 Å².